The highest BCUT2D eigenvalue weighted by Crippen LogP contribution is 2.43. The van der Waals surface area contributed by atoms with E-state index in [9.17, 15) is 0 Å². The second-order valence-electron chi connectivity index (χ2n) is 5.16. The lowest BCUT2D eigenvalue weighted by Crippen LogP contribution is -2.42. The van der Waals surface area contributed by atoms with Crippen LogP contribution >= 0.6 is 22.9 Å². The van der Waals surface area contributed by atoms with Crippen LogP contribution in [0.2, 0.25) is 4.34 Å². The third kappa shape index (κ3) is 2.90. The largest absolute Gasteiger partial charge is 0.378 e. The molecule has 1 saturated carbocycles. The molecule has 0 aromatic carbocycles. The van der Waals surface area contributed by atoms with Crippen LogP contribution in [0.3, 0.4) is 0 Å². The number of hydrogen-bond donors (Lipinski definition) is 1. The Balaban J connectivity index is 2.12. The maximum Gasteiger partial charge on any atom is 0.0960 e. The molecule has 0 radical (unpaired) electrons. The van der Waals surface area contributed by atoms with Crippen LogP contribution in [0.1, 0.15) is 49.1 Å². The van der Waals surface area contributed by atoms with E-state index in [2.05, 4.69) is 25.2 Å². The van der Waals surface area contributed by atoms with Gasteiger partial charge in [-0.1, -0.05) is 18.5 Å². The van der Waals surface area contributed by atoms with Crippen molar-refractivity contribution in [3.05, 3.63) is 20.8 Å². The lowest BCUT2D eigenvalue weighted by molar-refractivity contribution is -0.0835. The Kier molecular flexibility index (Phi) is 4.70. The van der Waals surface area contributed by atoms with Crippen LogP contribution in [0.25, 0.3) is 0 Å². The molecule has 1 unspecified atom stereocenters. The van der Waals surface area contributed by atoms with Crippen molar-refractivity contribution < 1.29 is 4.74 Å². The minimum absolute atomic E-state index is 0.0945. The van der Waals surface area contributed by atoms with E-state index in [0.29, 0.717) is 6.04 Å². The Bertz CT molecular complexity index is 375. The lowest BCUT2D eigenvalue weighted by atomic mass is 9.75. The molecule has 18 heavy (non-hydrogen) atoms. The molecule has 0 amide bonds. The number of aryl methyl sites for hydroxylation is 1. The van der Waals surface area contributed by atoms with Gasteiger partial charge in [-0.05, 0) is 50.8 Å². The van der Waals surface area contributed by atoms with Crippen LogP contribution in [0.5, 0.6) is 0 Å². The topological polar surface area (TPSA) is 21.3 Å². The normalized spacial score (nSPS) is 19.6. The van der Waals surface area contributed by atoms with Crippen LogP contribution in [0.15, 0.2) is 6.07 Å². The average molecular weight is 288 g/mol. The quantitative estimate of drug-likeness (QED) is 0.841. The number of halogens is 1. The Morgan fingerprint density at radius 1 is 1.56 bits per heavy atom. The molecule has 1 aliphatic carbocycles. The minimum Gasteiger partial charge on any atom is -0.378 e. The summed E-state index contributed by atoms with van der Waals surface area (Å²) in [4.78, 5) is 1.34. The summed E-state index contributed by atoms with van der Waals surface area (Å²) in [5, 5.41) is 3.57. The van der Waals surface area contributed by atoms with Crippen LogP contribution in [0, 0.1) is 6.92 Å². The summed E-state index contributed by atoms with van der Waals surface area (Å²) in [5.74, 6) is 0. The van der Waals surface area contributed by atoms with Crippen LogP contribution < -0.4 is 5.32 Å². The molecule has 2 nitrogen and oxygen atoms in total. The number of thiophene rings is 1. The maximum absolute atomic E-state index is 6.19. The second kappa shape index (κ2) is 5.91. The van der Waals surface area contributed by atoms with Crippen molar-refractivity contribution in [2.45, 2.75) is 51.2 Å². The third-order valence-electron chi connectivity index (χ3n) is 3.94. The molecular formula is C14H22ClNOS. The Morgan fingerprint density at radius 2 is 2.28 bits per heavy atom. The zero-order valence-electron chi connectivity index (χ0n) is 11.4. The summed E-state index contributed by atoms with van der Waals surface area (Å²) >= 11 is 7.88. The molecule has 0 bridgehead atoms. The van der Waals surface area contributed by atoms with Gasteiger partial charge in [0, 0.05) is 18.0 Å². The number of ether oxygens (including phenoxy) is 1. The maximum atomic E-state index is 6.19. The van der Waals surface area contributed by atoms with Crippen molar-refractivity contribution in [3.8, 4) is 0 Å². The monoisotopic (exact) mass is 287 g/mol. The standard InChI is InChI=1S/C14H22ClNOS/c1-4-16-11(9-14(17-3)6-5-7-14)12-8-10(2)13(15)18-12/h8,11,16H,4-7,9H2,1-3H3. The van der Waals surface area contributed by atoms with Gasteiger partial charge in [-0.15, -0.1) is 11.3 Å². The minimum atomic E-state index is 0.0945. The van der Waals surface area contributed by atoms with E-state index in [1.54, 1.807) is 11.3 Å². The molecule has 1 aliphatic rings. The summed E-state index contributed by atoms with van der Waals surface area (Å²) < 4.78 is 6.65. The summed E-state index contributed by atoms with van der Waals surface area (Å²) in [5.41, 5.74) is 1.27. The van der Waals surface area contributed by atoms with Crippen LogP contribution in [-0.4, -0.2) is 19.3 Å². The first-order chi connectivity index (χ1) is 8.60. The first kappa shape index (κ1) is 14.3. The number of rotatable bonds is 6. The first-order valence-corrected chi connectivity index (χ1v) is 7.84. The van der Waals surface area contributed by atoms with Gasteiger partial charge in [0.2, 0.25) is 0 Å². The van der Waals surface area contributed by atoms with E-state index >= 15 is 0 Å². The van der Waals surface area contributed by atoms with E-state index < -0.39 is 0 Å². The Hall–Kier alpha value is -0.0900. The summed E-state index contributed by atoms with van der Waals surface area (Å²) in [6.07, 6.45) is 4.71. The van der Waals surface area contributed by atoms with E-state index in [4.69, 9.17) is 16.3 Å². The average Bonchev–Trinajstić information content (AvgIpc) is 2.63. The van der Waals surface area contributed by atoms with Crippen molar-refractivity contribution in [2.24, 2.45) is 0 Å². The van der Waals surface area contributed by atoms with Crippen LogP contribution in [-0.2, 0) is 4.74 Å². The number of hydrogen-bond acceptors (Lipinski definition) is 3. The number of methoxy groups -OCH3 is 1. The highest BCUT2D eigenvalue weighted by molar-refractivity contribution is 7.16. The Labute approximate surface area is 119 Å². The fourth-order valence-corrected chi connectivity index (χ4v) is 3.90. The van der Waals surface area contributed by atoms with Gasteiger partial charge in [-0.25, -0.2) is 0 Å². The smallest absolute Gasteiger partial charge is 0.0960 e. The van der Waals surface area contributed by atoms with E-state index in [1.807, 2.05) is 7.11 Å². The molecule has 1 N–H and O–H groups in total. The highest BCUT2D eigenvalue weighted by atomic mass is 35.5. The lowest BCUT2D eigenvalue weighted by Gasteiger charge is -2.42. The molecular weight excluding hydrogens is 266 g/mol. The highest BCUT2D eigenvalue weighted by Gasteiger charge is 2.39. The predicted molar refractivity (Wildman–Crippen MR) is 78.7 cm³/mol. The molecule has 1 aromatic rings. The van der Waals surface area contributed by atoms with Crippen LogP contribution in [0.4, 0.5) is 0 Å². The van der Waals surface area contributed by atoms with Gasteiger partial charge in [0.15, 0.2) is 0 Å². The first-order valence-electron chi connectivity index (χ1n) is 6.64. The van der Waals surface area contributed by atoms with E-state index in [-0.39, 0.29) is 5.60 Å². The van der Waals surface area contributed by atoms with Crippen molar-refractivity contribution in [3.63, 3.8) is 0 Å². The molecule has 1 aromatic heterocycles. The van der Waals surface area contributed by atoms with Gasteiger partial charge >= 0.3 is 0 Å². The fourth-order valence-electron chi connectivity index (χ4n) is 2.61. The van der Waals surface area contributed by atoms with E-state index in [0.717, 1.165) is 17.3 Å². The van der Waals surface area contributed by atoms with Crippen molar-refractivity contribution in [1.29, 1.82) is 0 Å². The SMILES string of the molecule is CCNC(CC1(OC)CCC1)c1cc(C)c(Cl)s1. The number of nitrogens with one attached hydrogen (secondary N) is 1. The molecule has 1 heterocycles. The fraction of sp³-hybridized carbons (Fsp3) is 0.714. The van der Waals surface area contributed by atoms with E-state index in [1.165, 1.54) is 29.7 Å². The molecule has 1 fully saturated rings. The third-order valence-corrected chi connectivity index (χ3v) is 5.61. The van der Waals surface area contributed by atoms with Gasteiger partial charge < -0.3 is 10.1 Å². The summed E-state index contributed by atoms with van der Waals surface area (Å²) in [6, 6.07) is 2.58. The molecule has 4 heteroatoms. The molecule has 102 valence electrons. The molecule has 0 spiro atoms. The van der Waals surface area contributed by atoms with Gasteiger partial charge in [0.05, 0.1) is 9.94 Å². The zero-order valence-corrected chi connectivity index (χ0v) is 13.0. The van der Waals surface area contributed by atoms with Gasteiger partial charge in [0.25, 0.3) is 0 Å². The van der Waals surface area contributed by atoms with Crippen molar-refractivity contribution >= 4 is 22.9 Å². The second-order valence-corrected chi connectivity index (χ2v) is 6.85. The Morgan fingerprint density at radius 3 is 2.67 bits per heavy atom. The molecule has 1 atom stereocenters. The molecule has 2 rings (SSSR count). The van der Waals surface area contributed by atoms with Gasteiger partial charge in [-0.3, -0.25) is 0 Å². The summed E-state index contributed by atoms with van der Waals surface area (Å²) in [6.45, 7) is 5.19. The van der Waals surface area contributed by atoms with Gasteiger partial charge in [-0.2, -0.15) is 0 Å². The molecule has 0 saturated heterocycles. The van der Waals surface area contributed by atoms with Crippen molar-refractivity contribution in [2.75, 3.05) is 13.7 Å². The zero-order chi connectivity index (χ0) is 13.2. The predicted octanol–water partition coefficient (Wildman–Crippen LogP) is 4.32. The molecule has 0 aliphatic heterocycles. The van der Waals surface area contributed by atoms with Gasteiger partial charge in [0.1, 0.15) is 0 Å². The summed E-state index contributed by atoms with van der Waals surface area (Å²) in [7, 11) is 1.84. The van der Waals surface area contributed by atoms with Crippen molar-refractivity contribution in [1.82, 2.24) is 5.32 Å².